The van der Waals surface area contributed by atoms with Crippen LogP contribution in [0.5, 0.6) is 0 Å². The minimum absolute atomic E-state index is 0.0659. The highest BCUT2D eigenvalue weighted by molar-refractivity contribution is 9.11. The van der Waals surface area contributed by atoms with Crippen LogP contribution >= 0.6 is 27.3 Å². The van der Waals surface area contributed by atoms with Crippen molar-refractivity contribution in [2.75, 3.05) is 0 Å². The maximum Gasteiger partial charge on any atom is 0.306 e. The van der Waals surface area contributed by atoms with Crippen LogP contribution in [0.2, 0.25) is 0 Å². The number of aromatic nitrogens is 1. The molecule has 4 nitrogen and oxygen atoms in total. The molecule has 106 valence electrons. The third-order valence-corrected chi connectivity index (χ3v) is 5.89. The van der Waals surface area contributed by atoms with Gasteiger partial charge in [-0.15, -0.1) is 11.3 Å². The molecule has 6 heteroatoms. The fourth-order valence-corrected chi connectivity index (χ4v) is 4.27. The smallest absolute Gasteiger partial charge is 0.306 e. The first-order valence-electron chi connectivity index (χ1n) is 6.39. The number of halogens is 1. The van der Waals surface area contributed by atoms with Crippen LogP contribution in [0.4, 0.5) is 0 Å². The van der Waals surface area contributed by atoms with Crippen molar-refractivity contribution in [3.8, 4) is 0 Å². The average molecular weight is 348 g/mol. The summed E-state index contributed by atoms with van der Waals surface area (Å²) in [4.78, 5) is 15.4. The monoisotopic (exact) mass is 347 g/mol. The first-order valence-corrected chi connectivity index (χ1v) is 8.00. The lowest BCUT2D eigenvalue weighted by Gasteiger charge is -2.39. The van der Waals surface area contributed by atoms with Gasteiger partial charge in [-0.2, -0.15) is 0 Å². The Hall–Kier alpha value is -0.460. The Morgan fingerprint density at radius 1 is 1.58 bits per heavy atom. The number of nitrogens with zero attached hydrogens (tertiary/aromatic N) is 1. The summed E-state index contributed by atoms with van der Waals surface area (Å²) in [5.41, 5.74) is -0.978. The number of thiazole rings is 1. The Labute approximate surface area is 125 Å². The first-order chi connectivity index (χ1) is 8.82. The lowest BCUT2D eigenvalue weighted by molar-refractivity contribution is -0.146. The van der Waals surface area contributed by atoms with E-state index in [-0.39, 0.29) is 17.8 Å². The van der Waals surface area contributed by atoms with Crippen LogP contribution in [0, 0.1) is 17.8 Å². The van der Waals surface area contributed by atoms with Gasteiger partial charge in [0.2, 0.25) is 0 Å². The van der Waals surface area contributed by atoms with E-state index in [1.807, 2.05) is 6.92 Å². The SMILES string of the molecule is C[C@H]1C[C@H]([C@@](C)(O)c2ncc(Br)s2)CC[C@H]1C(=O)O. The Kier molecular flexibility index (Phi) is 4.32. The first kappa shape index (κ1) is 14.9. The van der Waals surface area contributed by atoms with Crippen LogP contribution in [0.25, 0.3) is 0 Å². The summed E-state index contributed by atoms with van der Waals surface area (Å²) in [5.74, 6) is -0.847. The summed E-state index contributed by atoms with van der Waals surface area (Å²) in [6.07, 6.45) is 3.78. The van der Waals surface area contributed by atoms with Crippen LogP contribution < -0.4 is 0 Å². The van der Waals surface area contributed by atoms with Crippen molar-refractivity contribution in [2.45, 2.75) is 38.7 Å². The molecule has 1 saturated carbocycles. The molecule has 0 unspecified atom stereocenters. The summed E-state index contributed by atoms with van der Waals surface area (Å²) in [6.45, 7) is 3.75. The maximum absolute atomic E-state index is 11.1. The molecule has 1 aliphatic carbocycles. The van der Waals surface area contributed by atoms with E-state index < -0.39 is 11.6 Å². The summed E-state index contributed by atoms with van der Waals surface area (Å²) in [7, 11) is 0. The number of aliphatic carboxylic acids is 1. The molecule has 19 heavy (non-hydrogen) atoms. The summed E-state index contributed by atoms with van der Waals surface area (Å²) in [5, 5.41) is 20.6. The van der Waals surface area contributed by atoms with E-state index >= 15 is 0 Å². The van der Waals surface area contributed by atoms with Crippen molar-refractivity contribution in [1.82, 2.24) is 4.98 Å². The van der Waals surface area contributed by atoms with Gasteiger partial charge in [0.1, 0.15) is 10.6 Å². The zero-order valence-electron chi connectivity index (χ0n) is 11.0. The van der Waals surface area contributed by atoms with Gasteiger partial charge in [-0.05, 0) is 54.0 Å². The second-order valence-electron chi connectivity index (χ2n) is 5.55. The standard InChI is InChI=1S/C13H18BrNO3S/c1-7-5-8(3-4-9(7)11(16)17)13(2,18)12-15-6-10(14)19-12/h6-9,18H,3-5H2,1-2H3,(H,16,17)/t7-,8+,9+,13+/m0/s1. The molecule has 2 N–H and O–H groups in total. The van der Waals surface area contributed by atoms with Gasteiger partial charge in [-0.1, -0.05) is 6.92 Å². The van der Waals surface area contributed by atoms with E-state index in [0.29, 0.717) is 11.4 Å². The molecule has 0 saturated heterocycles. The molecule has 1 aliphatic rings. The number of carbonyl (C=O) groups is 1. The number of carboxylic acid groups (broad SMARTS) is 1. The molecule has 0 aromatic carbocycles. The highest BCUT2D eigenvalue weighted by Crippen LogP contribution is 2.44. The Balaban J connectivity index is 2.13. The van der Waals surface area contributed by atoms with Crippen LogP contribution in [-0.2, 0) is 10.4 Å². The van der Waals surface area contributed by atoms with E-state index in [1.165, 1.54) is 11.3 Å². The number of hydrogen-bond acceptors (Lipinski definition) is 4. The van der Waals surface area contributed by atoms with Crippen LogP contribution in [-0.4, -0.2) is 21.2 Å². The molecular weight excluding hydrogens is 330 g/mol. The summed E-state index contributed by atoms with van der Waals surface area (Å²) < 4.78 is 0.898. The summed E-state index contributed by atoms with van der Waals surface area (Å²) >= 11 is 4.79. The van der Waals surface area contributed by atoms with Crippen molar-refractivity contribution < 1.29 is 15.0 Å². The molecule has 0 bridgehead atoms. The third kappa shape index (κ3) is 3.01. The molecule has 4 atom stereocenters. The summed E-state index contributed by atoms with van der Waals surface area (Å²) in [6, 6.07) is 0. The second-order valence-corrected chi connectivity index (χ2v) is 7.96. The number of rotatable bonds is 3. The Morgan fingerprint density at radius 2 is 2.26 bits per heavy atom. The molecule has 1 aromatic heterocycles. The molecule has 1 heterocycles. The maximum atomic E-state index is 11.1. The molecule has 0 radical (unpaired) electrons. The largest absolute Gasteiger partial charge is 0.481 e. The van der Waals surface area contributed by atoms with Gasteiger partial charge >= 0.3 is 5.97 Å². The highest BCUT2D eigenvalue weighted by Gasteiger charge is 2.42. The lowest BCUT2D eigenvalue weighted by atomic mass is 9.69. The number of aliphatic hydroxyl groups is 1. The van der Waals surface area contributed by atoms with Crippen LogP contribution in [0.1, 0.15) is 38.1 Å². The van der Waals surface area contributed by atoms with Gasteiger partial charge in [0.15, 0.2) is 0 Å². The van der Waals surface area contributed by atoms with Crippen LogP contribution in [0.3, 0.4) is 0 Å². The topological polar surface area (TPSA) is 70.4 Å². The van der Waals surface area contributed by atoms with Gasteiger partial charge in [0, 0.05) is 0 Å². The molecule has 0 aliphatic heterocycles. The van der Waals surface area contributed by atoms with Gasteiger partial charge in [-0.3, -0.25) is 4.79 Å². The normalized spacial score (nSPS) is 30.8. The van der Waals surface area contributed by atoms with Crippen molar-refractivity contribution in [3.05, 3.63) is 15.0 Å². The molecular formula is C13H18BrNO3S. The zero-order valence-corrected chi connectivity index (χ0v) is 13.4. The minimum Gasteiger partial charge on any atom is -0.481 e. The van der Waals surface area contributed by atoms with Gasteiger partial charge in [-0.25, -0.2) is 4.98 Å². The molecule has 0 spiro atoms. The van der Waals surface area contributed by atoms with Crippen molar-refractivity contribution in [2.24, 2.45) is 17.8 Å². The van der Waals surface area contributed by atoms with Crippen molar-refractivity contribution >= 4 is 33.2 Å². The van der Waals surface area contributed by atoms with Crippen molar-refractivity contribution in [1.29, 1.82) is 0 Å². The van der Waals surface area contributed by atoms with Crippen molar-refractivity contribution in [3.63, 3.8) is 0 Å². The van der Waals surface area contributed by atoms with E-state index in [2.05, 4.69) is 20.9 Å². The van der Waals surface area contributed by atoms with E-state index in [9.17, 15) is 9.90 Å². The Morgan fingerprint density at radius 3 is 2.74 bits per heavy atom. The average Bonchev–Trinajstić information content (AvgIpc) is 2.76. The van der Waals surface area contributed by atoms with Crippen LogP contribution in [0.15, 0.2) is 9.98 Å². The van der Waals surface area contributed by atoms with Gasteiger partial charge < -0.3 is 10.2 Å². The van der Waals surface area contributed by atoms with E-state index in [4.69, 9.17) is 5.11 Å². The Bertz CT molecular complexity index is 474. The number of hydrogen-bond donors (Lipinski definition) is 2. The highest BCUT2D eigenvalue weighted by atomic mass is 79.9. The predicted molar refractivity (Wildman–Crippen MR) is 77.0 cm³/mol. The third-order valence-electron chi connectivity index (χ3n) is 4.19. The molecule has 0 amide bonds. The lowest BCUT2D eigenvalue weighted by Crippen LogP contribution is -2.39. The zero-order chi connectivity index (χ0) is 14.2. The fourth-order valence-electron chi connectivity index (χ4n) is 2.94. The fraction of sp³-hybridized carbons (Fsp3) is 0.692. The predicted octanol–water partition coefficient (Wildman–Crippen LogP) is 3.25. The van der Waals surface area contributed by atoms with E-state index in [1.54, 1.807) is 13.1 Å². The number of carboxylic acids is 1. The molecule has 1 aromatic rings. The van der Waals surface area contributed by atoms with Gasteiger partial charge in [0.05, 0.1) is 15.9 Å². The molecule has 1 fully saturated rings. The van der Waals surface area contributed by atoms with E-state index in [0.717, 1.165) is 16.6 Å². The van der Waals surface area contributed by atoms with Gasteiger partial charge in [0.25, 0.3) is 0 Å². The molecule has 2 rings (SSSR count). The minimum atomic E-state index is -0.978. The second kappa shape index (κ2) is 5.50. The quantitative estimate of drug-likeness (QED) is 0.880.